The molecule has 2 aliphatic carbocycles. The highest BCUT2D eigenvalue weighted by molar-refractivity contribution is 5.70. The summed E-state index contributed by atoms with van der Waals surface area (Å²) in [5.41, 5.74) is 17.1. The van der Waals surface area contributed by atoms with Gasteiger partial charge in [0.1, 0.15) is 5.75 Å². The van der Waals surface area contributed by atoms with Gasteiger partial charge in [-0.3, -0.25) is 4.98 Å². The second-order valence-electron chi connectivity index (χ2n) is 10.6. The number of fused-ring (bicyclic) bond motifs is 1. The summed E-state index contributed by atoms with van der Waals surface area (Å²) in [7, 11) is 0. The molecule has 1 aromatic heterocycles. The highest BCUT2D eigenvalue weighted by Crippen LogP contribution is 2.37. The lowest BCUT2D eigenvalue weighted by molar-refractivity contribution is 0.207. The number of hydrogen-bond acceptors (Lipinski definition) is 3. The van der Waals surface area contributed by atoms with E-state index >= 15 is 0 Å². The van der Waals surface area contributed by atoms with Crippen LogP contribution >= 0.6 is 0 Å². The van der Waals surface area contributed by atoms with E-state index in [2.05, 4.69) is 69.3 Å². The fraction of sp³-hybridized carbons (Fsp3) is 0.469. The van der Waals surface area contributed by atoms with Crippen LogP contribution in [-0.2, 0) is 32.1 Å². The van der Waals surface area contributed by atoms with Gasteiger partial charge in [-0.25, -0.2) is 0 Å². The standard InChI is InChI=1S/C32H40N2O/c1-4-22-13-10-14-23(5-2)32(22)30-20-31(35-27-15-8-9-16-27)28(21(3)34-30)19-29(33)26-17-24-11-6-7-12-25(24)18-26/h6-7,10-14,20,26-27,29H,4-5,8-9,15-19,33H2,1-3H3. The number of ether oxygens (including phenoxy) is 1. The third kappa shape index (κ3) is 5.02. The Labute approximate surface area is 211 Å². The summed E-state index contributed by atoms with van der Waals surface area (Å²) < 4.78 is 6.73. The highest BCUT2D eigenvalue weighted by atomic mass is 16.5. The first-order chi connectivity index (χ1) is 17.1. The largest absolute Gasteiger partial charge is 0.490 e. The molecule has 0 aliphatic heterocycles. The zero-order chi connectivity index (χ0) is 24.4. The summed E-state index contributed by atoms with van der Waals surface area (Å²) in [5, 5.41) is 0. The van der Waals surface area contributed by atoms with Crippen molar-refractivity contribution in [1.82, 2.24) is 4.98 Å². The maximum Gasteiger partial charge on any atom is 0.126 e. The first-order valence-electron chi connectivity index (χ1n) is 13.7. The lowest BCUT2D eigenvalue weighted by Gasteiger charge is -2.24. The lowest BCUT2D eigenvalue weighted by Crippen LogP contribution is -2.33. The zero-order valence-corrected chi connectivity index (χ0v) is 21.6. The van der Waals surface area contributed by atoms with Crippen molar-refractivity contribution in [2.24, 2.45) is 11.7 Å². The molecular weight excluding hydrogens is 428 g/mol. The van der Waals surface area contributed by atoms with Gasteiger partial charge < -0.3 is 10.5 Å². The van der Waals surface area contributed by atoms with Gasteiger partial charge in [0.15, 0.2) is 0 Å². The third-order valence-corrected chi connectivity index (χ3v) is 8.27. The summed E-state index contributed by atoms with van der Waals surface area (Å²) in [6, 6.07) is 17.8. The van der Waals surface area contributed by atoms with Crippen molar-refractivity contribution >= 4 is 0 Å². The quantitative estimate of drug-likeness (QED) is 0.396. The van der Waals surface area contributed by atoms with Gasteiger partial charge in [-0.2, -0.15) is 0 Å². The Kier molecular flexibility index (Phi) is 7.24. The third-order valence-electron chi connectivity index (χ3n) is 8.27. The van der Waals surface area contributed by atoms with Crippen molar-refractivity contribution in [3.63, 3.8) is 0 Å². The molecule has 1 unspecified atom stereocenters. The second kappa shape index (κ2) is 10.5. The molecule has 3 nitrogen and oxygen atoms in total. The van der Waals surface area contributed by atoms with Crippen LogP contribution in [-0.4, -0.2) is 17.1 Å². The summed E-state index contributed by atoms with van der Waals surface area (Å²) in [5.74, 6) is 1.48. The first-order valence-corrected chi connectivity index (χ1v) is 13.7. The Balaban J connectivity index is 1.49. The van der Waals surface area contributed by atoms with Gasteiger partial charge in [0.05, 0.1) is 11.8 Å². The predicted octanol–water partition coefficient (Wildman–Crippen LogP) is 6.79. The van der Waals surface area contributed by atoms with Crippen LogP contribution in [0.1, 0.15) is 73.0 Å². The summed E-state index contributed by atoms with van der Waals surface area (Å²) >= 11 is 0. The lowest BCUT2D eigenvalue weighted by atomic mass is 9.90. The maximum absolute atomic E-state index is 6.89. The van der Waals surface area contributed by atoms with E-state index in [1.165, 1.54) is 46.2 Å². The Bertz CT molecular complexity index is 1130. The molecule has 184 valence electrons. The van der Waals surface area contributed by atoms with E-state index in [-0.39, 0.29) is 6.04 Å². The van der Waals surface area contributed by atoms with Crippen molar-refractivity contribution in [2.45, 2.75) is 90.7 Å². The van der Waals surface area contributed by atoms with E-state index in [0.717, 1.165) is 62.1 Å². The number of pyridine rings is 1. The maximum atomic E-state index is 6.89. The van der Waals surface area contributed by atoms with Crippen LogP contribution < -0.4 is 10.5 Å². The smallest absolute Gasteiger partial charge is 0.126 e. The van der Waals surface area contributed by atoms with Gasteiger partial charge in [0.25, 0.3) is 0 Å². The van der Waals surface area contributed by atoms with Gasteiger partial charge in [-0.15, -0.1) is 0 Å². The second-order valence-corrected chi connectivity index (χ2v) is 10.6. The van der Waals surface area contributed by atoms with Crippen LogP contribution in [0.15, 0.2) is 48.5 Å². The van der Waals surface area contributed by atoms with E-state index in [1.54, 1.807) is 0 Å². The van der Waals surface area contributed by atoms with E-state index in [4.69, 9.17) is 15.5 Å². The molecule has 0 spiro atoms. The Morgan fingerprint density at radius 2 is 1.57 bits per heavy atom. The van der Waals surface area contributed by atoms with Gasteiger partial charge in [-0.05, 0) is 92.9 Å². The number of benzene rings is 2. The number of nitrogens with two attached hydrogens (primary N) is 1. The van der Waals surface area contributed by atoms with Gasteiger partial charge >= 0.3 is 0 Å². The molecule has 2 aliphatic rings. The zero-order valence-electron chi connectivity index (χ0n) is 21.6. The fourth-order valence-electron chi connectivity index (χ4n) is 6.21. The minimum atomic E-state index is 0.0915. The van der Waals surface area contributed by atoms with Gasteiger partial charge in [0, 0.05) is 28.9 Å². The average molecular weight is 469 g/mol. The van der Waals surface area contributed by atoms with E-state index in [0.29, 0.717) is 12.0 Å². The molecule has 0 amide bonds. The minimum Gasteiger partial charge on any atom is -0.490 e. The predicted molar refractivity (Wildman–Crippen MR) is 145 cm³/mol. The van der Waals surface area contributed by atoms with Crippen LogP contribution in [0.5, 0.6) is 5.75 Å². The van der Waals surface area contributed by atoms with Crippen LogP contribution in [0.3, 0.4) is 0 Å². The van der Waals surface area contributed by atoms with Crippen molar-refractivity contribution in [3.05, 3.63) is 82.0 Å². The summed E-state index contributed by atoms with van der Waals surface area (Å²) in [6.07, 6.45) is 10.1. The van der Waals surface area contributed by atoms with Crippen molar-refractivity contribution in [2.75, 3.05) is 0 Å². The topological polar surface area (TPSA) is 48.1 Å². The van der Waals surface area contributed by atoms with Gasteiger partial charge in [-0.1, -0.05) is 56.3 Å². The molecule has 5 rings (SSSR count). The van der Waals surface area contributed by atoms with Crippen molar-refractivity contribution in [1.29, 1.82) is 0 Å². The molecule has 1 saturated carbocycles. The number of aryl methyl sites for hydroxylation is 3. The molecule has 2 N–H and O–H groups in total. The molecule has 0 saturated heterocycles. The Morgan fingerprint density at radius 3 is 2.17 bits per heavy atom. The number of hydrogen-bond donors (Lipinski definition) is 1. The fourth-order valence-corrected chi connectivity index (χ4v) is 6.21. The summed E-state index contributed by atoms with van der Waals surface area (Å²) in [4.78, 5) is 5.18. The molecule has 1 atom stereocenters. The van der Waals surface area contributed by atoms with Gasteiger partial charge in [0.2, 0.25) is 0 Å². The molecule has 35 heavy (non-hydrogen) atoms. The monoisotopic (exact) mass is 468 g/mol. The number of nitrogens with zero attached hydrogens (tertiary/aromatic N) is 1. The normalized spacial score (nSPS) is 17.0. The van der Waals surface area contributed by atoms with Crippen LogP contribution in [0.25, 0.3) is 11.3 Å². The summed E-state index contributed by atoms with van der Waals surface area (Å²) in [6.45, 7) is 6.61. The molecule has 3 heteroatoms. The molecular formula is C32H40N2O. The Morgan fingerprint density at radius 1 is 0.943 bits per heavy atom. The van der Waals surface area contributed by atoms with Crippen molar-refractivity contribution in [3.8, 4) is 17.0 Å². The molecule has 0 radical (unpaired) electrons. The Hall–Kier alpha value is -2.65. The van der Waals surface area contributed by atoms with Crippen LogP contribution in [0.2, 0.25) is 0 Å². The molecule has 1 fully saturated rings. The number of rotatable bonds is 8. The minimum absolute atomic E-state index is 0.0915. The molecule has 2 aromatic carbocycles. The SMILES string of the molecule is CCc1cccc(CC)c1-c1cc(OC2CCCC2)c(CC(N)C2Cc3ccccc3C2)c(C)n1. The highest BCUT2D eigenvalue weighted by Gasteiger charge is 2.29. The van der Waals surface area contributed by atoms with E-state index in [1.807, 2.05) is 0 Å². The molecule has 1 heterocycles. The van der Waals surface area contributed by atoms with E-state index < -0.39 is 0 Å². The van der Waals surface area contributed by atoms with Crippen LogP contribution in [0, 0.1) is 12.8 Å². The van der Waals surface area contributed by atoms with Crippen LogP contribution in [0.4, 0.5) is 0 Å². The first kappa shape index (κ1) is 24.1. The van der Waals surface area contributed by atoms with Crippen molar-refractivity contribution < 1.29 is 4.74 Å². The molecule has 3 aromatic rings. The molecule has 0 bridgehead atoms. The average Bonchev–Trinajstić information content (AvgIpc) is 3.55. The van der Waals surface area contributed by atoms with E-state index in [9.17, 15) is 0 Å². The number of aromatic nitrogens is 1.